The molecule has 132 valence electrons. The fourth-order valence-electron chi connectivity index (χ4n) is 3.48. The number of aryl methyl sites for hydroxylation is 1. The van der Waals surface area contributed by atoms with Gasteiger partial charge in [0.1, 0.15) is 5.75 Å². The van der Waals surface area contributed by atoms with Gasteiger partial charge in [-0.15, -0.1) is 12.4 Å². The molecule has 2 nitrogen and oxygen atoms in total. The molecule has 1 fully saturated rings. The molecule has 1 aromatic carbocycles. The highest BCUT2D eigenvalue weighted by Crippen LogP contribution is 2.25. The predicted molar refractivity (Wildman–Crippen MR) is 102 cm³/mol. The van der Waals surface area contributed by atoms with Crippen molar-refractivity contribution >= 4 is 12.4 Å². The van der Waals surface area contributed by atoms with E-state index in [-0.39, 0.29) is 12.4 Å². The Labute approximate surface area is 149 Å². The van der Waals surface area contributed by atoms with E-state index in [0.717, 1.165) is 24.7 Å². The topological polar surface area (TPSA) is 12.5 Å². The molecule has 1 aliphatic rings. The number of halogens is 1. The number of benzene rings is 1. The van der Waals surface area contributed by atoms with E-state index in [1.165, 1.54) is 50.5 Å². The molecule has 0 heterocycles. The molecular formula is C20H34ClNO. The van der Waals surface area contributed by atoms with Crippen LogP contribution in [0.5, 0.6) is 5.75 Å². The average Bonchev–Trinajstić information content (AvgIpc) is 2.55. The Bertz CT molecular complexity index is 412. The fraction of sp³-hybridized carbons (Fsp3) is 0.700. The van der Waals surface area contributed by atoms with Gasteiger partial charge in [-0.25, -0.2) is 0 Å². The summed E-state index contributed by atoms with van der Waals surface area (Å²) in [6, 6.07) is 9.45. The quantitative estimate of drug-likeness (QED) is 0.633. The molecule has 0 aliphatic heterocycles. The Morgan fingerprint density at radius 3 is 2.30 bits per heavy atom. The van der Waals surface area contributed by atoms with Gasteiger partial charge in [0, 0.05) is 6.04 Å². The predicted octanol–water partition coefficient (Wildman–Crippen LogP) is 5.34. The molecule has 1 aromatic rings. The van der Waals surface area contributed by atoms with Crippen molar-refractivity contribution in [2.45, 2.75) is 64.3 Å². The lowest BCUT2D eigenvalue weighted by Crippen LogP contribution is -2.27. The summed E-state index contributed by atoms with van der Waals surface area (Å²) in [5.41, 5.74) is 1.42. The summed E-state index contributed by atoms with van der Waals surface area (Å²) in [5.74, 6) is 1.81. The van der Waals surface area contributed by atoms with Gasteiger partial charge >= 0.3 is 0 Å². The highest BCUT2D eigenvalue weighted by Gasteiger charge is 2.14. The van der Waals surface area contributed by atoms with Gasteiger partial charge < -0.3 is 9.64 Å². The van der Waals surface area contributed by atoms with E-state index in [1.807, 2.05) is 0 Å². The van der Waals surface area contributed by atoms with Crippen molar-refractivity contribution in [3.8, 4) is 5.75 Å². The smallest absolute Gasteiger partial charge is 0.119 e. The summed E-state index contributed by atoms with van der Waals surface area (Å²) in [7, 11) is 4.35. The maximum absolute atomic E-state index is 5.98. The van der Waals surface area contributed by atoms with E-state index in [9.17, 15) is 0 Å². The largest absolute Gasteiger partial charge is 0.493 e. The maximum Gasteiger partial charge on any atom is 0.119 e. The Kier molecular flexibility index (Phi) is 9.66. The van der Waals surface area contributed by atoms with Crippen molar-refractivity contribution in [1.29, 1.82) is 0 Å². The SMILES string of the molecule is CCC(CCc1ccc(OCC2CCCCC2)cc1)N(C)C.Cl. The summed E-state index contributed by atoms with van der Waals surface area (Å²) >= 11 is 0. The molecule has 0 amide bonds. The number of nitrogens with zero attached hydrogens (tertiary/aromatic N) is 1. The summed E-state index contributed by atoms with van der Waals surface area (Å²) in [6.07, 6.45) is 10.5. The number of rotatable bonds is 8. The van der Waals surface area contributed by atoms with Crippen LogP contribution in [0.3, 0.4) is 0 Å². The van der Waals surface area contributed by atoms with Crippen molar-refractivity contribution in [2.75, 3.05) is 20.7 Å². The molecule has 1 unspecified atom stereocenters. The van der Waals surface area contributed by atoms with Crippen LogP contribution in [-0.4, -0.2) is 31.6 Å². The van der Waals surface area contributed by atoms with Crippen molar-refractivity contribution < 1.29 is 4.74 Å². The minimum Gasteiger partial charge on any atom is -0.493 e. The standard InChI is InChI=1S/C20H33NO.ClH/c1-4-19(21(2)3)13-10-17-11-14-20(15-12-17)22-16-18-8-6-5-7-9-18;/h11-12,14-15,18-19H,4-10,13,16H2,1-3H3;1H. The lowest BCUT2D eigenvalue weighted by molar-refractivity contribution is 0.209. The van der Waals surface area contributed by atoms with Gasteiger partial charge in [-0.2, -0.15) is 0 Å². The second-order valence-electron chi connectivity index (χ2n) is 7.02. The van der Waals surface area contributed by atoms with E-state index in [0.29, 0.717) is 6.04 Å². The van der Waals surface area contributed by atoms with E-state index in [1.54, 1.807) is 0 Å². The fourth-order valence-corrected chi connectivity index (χ4v) is 3.48. The Balaban J connectivity index is 0.00000264. The van der Waals surface area contributed by atoms with Crippen LogP contribution in [0.4, 0.5) is 0 Å². The van der Waals surface area contributed by atoms with Crippen LogP contribution >= 0.6 is 12.4 Å². The van der Waals surface area contributed by atoms with Gasteiger partial charge in [0.05, 0.1) is 6.61 Å². The van der Waals surface area contributed by atoms with Crippen LogP contribution in [0.25, 0.3) is 0 Å². The van der Waals surface area contributed by atoms with Crippen LogP contribution in [0.1, 0.15) is 57.4 Å². The Hall–Kier alpha value is -0.730. The molecule has 1 aliphatic carbocycles. The summed E-state index contributed by atoms with van der Waals surface area (Å²) in [6.45, 7) is 3.17. The summed E-state index contributed by atoms with van der Waals surface area (Å²) in [4.78, 5) is 2.33. The van der Waals surface area contributed by atoms with Crippen LogP contribution in [0.15, 0.2) is 24.3 Å². The number of hydrogen-bond acceptors (Lipinski definition) is 2. The van der Waals surface area contributed by atoms with Gasteiger partial charge in [0.25, 0.3) is 0 Å². The zero-order chi connectivity index (χ0) is 15.8. The van der Waals surface area contributed by atoms with E-state index >= 15 is 0 Å². The molecule has 1 saturated carbocycles. The minimum atomic E-state index is 0. The van der Waals surface area contributed by atoms with Crippen molar-refractivity contribution in [3.05, 3.63) is 29.8 Å². The zero-order valence-electron chi connectivity index (χ0n) is 15.1. The second-order valence-corrected chi connectivity index (χ2v) is 7.02. The van der Waals surface area contributed by atoms with Gasteiger partial charge in [0.15, 0.2) is 0 Å². The third-order valence-corrected chi connectivity index (χ3v) is 5.10. The second kappa shape index (κ2) is 10.9. The molecule has 0 spiro atoms. The van der Waals surface area contributed by atoms with Crippen molar-refractivity contribution in [2.24, 2.45) is 5.92 Å². The van der Waals surface area contributed by atoms with Crippen LogP contribution in [0, 0.1) is 5.92 Å². The molecule has 1 atom stereocenters. The summed E-state index contributed by atoms with van der Waals surface area (Å²) < 4.78 is 5.98. The zero-order valence-corrected chi connectivity index (χ0v) is 15.9. The Morgan fingerprint density at radius 1 is 1.09 bits per heavy atom. The Morgan fingerprint density at radius 2 is 1.74 bits per heavy atom. The molecule has 23 heavy (non-hydrogen) atoms. The molecule has 0 N–H and O–H groups in total. The first-order valence-corrected chi connectivity index (χ1v) is 9.07. The monoisotopic (exact) mass is 339 g/mol. The first-order valence-electron chi connectivity index (χ1n) is 9.07. The van der Waals surface area contributed by atoms with Gasteiger partial charge in [-0.3, -0.25) is 0 Å². The molecule has 3 heteroatoms. The van der Waals surface area contributed by atoms with E-state index < -0.39 is 0 Å². The average molecular weight is 340 g/mol. The van der Waals surface area contributed by atoms with Gasteiger partial charge in [-0.05, 0) is 69.8 Å². The molecule has 0 radical (unpaired) electrons. The van der Waals surface area contributed by atoms with Crippen LogP contribution in [0.2, 0.25) is 0 Å². The highest BCUT2D eigenvalue weighted by atomic mass is 35.5. The first-order chi connectivity index (χ1) is 10.7. The lowest BCUT2D eigenvalue weighted by Gasteiger charge is -2.23. The van der Waals surface area contributed by atoms with E-state index in [2.05, 4.69) is 50.2 Å². The first kappa shape index (κ1) is 20.3. The molecule has 0 aromatic heterocycles. The van der Waals surface area contributed by atoms with Crippen molar-refractivity contribution in [3.63, 3.8) is 0 Å². The van der Waals surface area contributed by atoms with Gasteiger partial charge in [0.2, 0.25) is 0 Å². The minimum absolute atomic E-state index is 0. The molecular weight excluding hydrogens is 306 g/mol. The molecule has 0 bridgehead atoms. The van der Waals surface area contributed by atoms with Gasteiger partial charge in [-0.1, -0.05) is 38.3 Å². The van der Waals surface area contributed by atoms with Crippen LogP contribution < -0.4 is 4.74 Å². The third-order valence-electron chi connectivity index (χ3n) is 5.10. The number of ether oxygens (including phenoxy) is 1. The number of hydrogen-bond donors (Lipinski definition) is 0. The third kappa shape index (κ3) is 7.14. The normalized spacial score (nSPS) is 16.9. The highest BCUT2D eigenvalue weighted by molar-refractivity contribution is 5.85. The lowest BCUT2D eigenvalue weighted by atomic mass is 9.90. The summed E-state index contributed by atoms with van der Waals surface area (Å²) in [5, 5.41) is 0. The van der Waals surface area contributed by atoms with Crippen LogP contribution in [-0.2, 0) is 6.42 Å². The molecule has 2 rings (SSSR count). The molecule has 0 saturated heterocycles. The maximum atomic E-state index is 5.98. The van der Waals surface area contributed by atoms with Crippen molar-refractivity contribution in [1.82, 2.24) is 4.90 Å². The van der Waals surface area contributed by atoms with E-state index in [4.69, 9.17) is 4.74 Å².